The third-order valence-electron chi connectivity index (χ3n) is 4.68. The fraction of sp³-hybridized carbons (Fsp3) is 0. The molecule has 164 valence electrons. The number of carboxylic acid groups (broad SMARTS) is 1. The number of benzene rings is 3. The molecule has 32 heavy (non-hydrogen) atoms. The Hall–Kier alpha value is 0.760. The van der Waals surface area contributed by atoms with Gasteiger partial charge in [0, 0.05) is 24.5 Å². The number of fused-ring (bicyclic) bond motifs is 2. The van der Waals surface area contributed by atoms with Crippen molar-refractivity contribution in [3.8, 4) is 22.6 Å². The van der Waals surface area contributed by atoms with Crippen molar-refractivity contribution in [3.05, 3.63) is 51.5 Å². The molecule has 1 heterocycles. The van der Waals surface area contributed by atoms with Crippen LogP contribution in [0, 0.1) is 14.3 Å². The van der Waals surface area contributed by atoms with Gasteiger partial charge in [-0.3, -0.25) is 0 Å². The average molecular weight is 1070 g/mol. The maximum absolute atomic E-state index is 12.3. The minimum Gasteiger partial charge on any atom is -0.505 e. The minimum atomic E-state index is -1.10. The zero-order valence-corrected chi connectivity index (χ0v) is 28.4. The number of phenols is 2. The predicted molar refractivity (Wildman–Crippen MR) is 168 cm³/mol. The summed E-state index contributed by atoms with van der Waals surface area (Å²) < 4.78 is 10.2. The lowest BCUT2D eigenvalue weighted by molar-refractivity contribution is 0.0697. The molecule has 0 aliphatic carbocycles. The lowest BCUT2D eigenvalue weighted by Crippen LogP contribution is -2.03. The number of aromatic carboxylic acids is 1. The summed E-state index contributed by atoms with van der Waals surface area (Å²) in [6.07, 6.45) is 0. The molecule has 0 aliphatic heterocycles. The van der Waals surface area contributed by atoms with Crippen molar-refractivity contribution in [3.63, 3.8) is 0 Å². The van der Waals surface area contributed by atoms with Crippen LogP contribution in [0.25, 0.3) is 33.1 Å². The fourth-order valence-corrected chi connectivity index (χ4v) is 8.49. The first kappa shape index (κ1) is 25.8. The lowest BCUT2D eigenvalue weighted by atomic mass is 9.93. The third-order valence-corrected chi connectivity index (χ3v) is 11.6. The van der Waals surface area contributed by atoms with E-state index in [4.69, 9.17) is 4.42 Å². The predicted octanol–water partition coefficient (Wildman–Crippen LogP) is 9.35. The first-order valence-electron chi connectivity index (χ1n) is 8.34. The standard InChI is InChI=1S/C20H5Br3I4O5/c21-7-1-6(20(30)31)11(13(23)12(7)22)10-4-2-8(24)16(28)14(26)18(4)32-19-5(10)3-9(25)17(29)15(19)27/h1-3H,(H2-,28,29,30,31)/p+1. The molecule has 12 heteroatoms. The summed E-state index contributed by atoms with van der Waals surface area (Å²) in [7, 11) is 0. The molecule has 0 fully saturated rings. The van der Waals surface area contributed by atoms with Gasteiger partial charge < -0.3 is 15.3 Å². The molecule has 0 aliphatic rings. The van der Waals surface area contributed by atoms with Gasteiger partial charge in [0.2, 0.25) is 0 Å². The molecule has 1 aromatic heterocycles. The maximum atomic E-state index is 12.3. The van der Waals surface area contributed by atoms with Gasteiger partial charge >= 0.3 is 17.1 Å². The molecule has 5 nitrogen and oxygen atoms in total. The quantitative estimate of drug-likeness (QED) is 0.0807. The highest BCUT2D eigenvalue weighted by molar-refractivity contribution is 14.1. The van der Waals surface area contributed by atoms with E-state index in [2.05, 4.69) is 47.8 Å². The van der Waals surface area contributed by atoms with Gasteiger partial charge in [-0.05, 0) is 156 Å². The van der Waals surface area contributed by atoms with Gasteiger partial charge in [0.05, 0.1) is 23.5 Å². The third kappa shape index (κ3) is 4.18. The highest BCUT2D eigenvalue weighted by Crippen LogP contribution is 2.50. The molecule has 3 aromatic carbocycles. The molecule has 0 saturated heterocycles. The smallest absolute Gasteiger partial charge is 0.378 e. The van der Waals surface area contributed by atoms with Crippen LogP contribution in [-0.4, -0.2) is 21.3 Å². The van der Waals surface area contributed by atoms with Crippen molar-refractivity contribution < 1.29 is 24.5 Å². The topological polar surface area (TPSA) is 89.1 Å². The van der Waals surface area contributed by atoms with E-state index in [-0.39, 0.29) is 17.1 Å². The summed E-state index contributed by atoms with van der Waals surface area (Å²) in [6, 6.07) is 5.08. The Kier molecular flexibility index (Phi) is 7.80. The van der Waals surface area contributed by atoms with E-state index in [1.165, 1.54) is 0 Å². The Morgan fingerprint density at radius 1 is 0.781 bits per heavy atom. The summed E-state index contributed by atoms with van der Waals surface area (Å²) in [5, 5.41) is 32.4. The van der Waals surface area contributed by atoms with Gasteiger partial charge in [0.15, 0.2) is 18.6 Å². The van der Waals surface area contributed by atoms with Gasteiger partial charge in [0.1, 0.15) is 0 Å². The molecule has 0 unspecified atom stereocenters. The highest BCUT2D eigenvalue weighted by Gasteiger charge is 2.32. The number of hydrogen-bond acceptors (Lipinski definition) is 3. The van der Waals surface area contributed by atoms with E-state index >= 15 is 0 Å². The van der Waals surface area contributed by atoms with Crippen molar-refractivity contribution in [1.82, 2.24) is 0 Å². The first-order valence-corrected chi connectivity index (χ1v) is 15.0. The fourth-order valence-electron chi connectivity index (χ4n) is 3.28. The molecular formula is C20H6Br3I4O5+. The number of carboxylic acids is 1. The zero-order chi connectivity index (χ0) is 23.6. The van der Waals surface area contributed by atoms with Crippen LogP contribution in [0.15, 0.2) is 36.0 Å². The van der Waals surface area contributed by atoms with E-state index in [1.54, 1.807) is 18.2 Å². The van der Waals surface area contributed by atoms with Crippen molar-refractivity contribution in [2.45, 2.75) is 0 Å². The van der Waals surface area contributed by atoms with E-state index in [9.17, 15) is 20.1 Å². The number of carbonyl (C=O) groups is 1. The summed E-state index contributed by atoms with van der Waals surface area (Å²) in [5.41, 5.74) is 1.94. The Bertz CT molecular complexity index is 1440. The number of phenolic OH excluding ortho intramolecular Hbond substituents is 2. The van der Waals surface area contributed by atoms with Crippen LogP contribution in [0.4, 0.5) is 0 Å². The Labute approximate surface area is 260 Å². The lowest BCUT2D eigenvalue weighted by Gasteiger charge is -2.15. The Balaban J connectivity index is 2.41. The monoisotopic (exact) mass is 1070 g/mol. The van der Waals surface area contributed by atoms with E-state index in [0.29, 0.717) is 60.8 Å². The van der Waals surface area contributed by atoms with Gasteiger partial charge in [-0.1, -0.05) is 0 Å². The number of hydrogen-bond donors (Lipinski definition) is 3. The molecule has 0 radical (unpaired) electrons. The number of aromatic hydroxyl groups is 2. The van der Waals surface area contributed by atoms with Crippen molar-refractivity contribution >= 4 is 166 Å². The van der Waals surface area contributed by atoms with Gasteiger partial charge in [-0.25, -0.2) is 9.21 Å². The largest absolute Gasteiger partial charge is 0.505 e. The van der Waals surface area contributed by atoms with Crippen molar-refractivity contribution in [2.24, 2.45) is 0 Å². The molecule has 4 aromatic rings. The SMILES string of the molecule is O=C(O)c1cc(Br)c(Br)c(Br)c1-c1c2cc(I)c(O)c(I)c2[o+]c2c(I)c(O)c(I)cc12. The summed E-state index contributed by atoms with van der Waals surface area (Å²) in [6.45, 7) is 0. The van der Waals surface area contributed by atoms with E-state index in [1.807, 2.05) is 90.4 Å². The molecule has 0 atom stereocenters. The first-order chi connectivity index (χ1) is 15.0. The van der Waals surface area contributed by atoms with Crippen LogP contribution in [-0.2, 0) is 0 Å². The van der Waals surface area contributed by atoms with Crippen LogP contribution in [0.2, 0.25) is 0 Å². The normalized spacial score (nSPS) is 11.5. The van der Waals surface area contributed by atoms with Crippen LogP contribution >= 0.6 is 138 Å². The number of rotatable bonds is 2. The van der Waals surface area contributed by atoms with Gasteiger partial charge in [0.25, 0.3) is 0 Å². The van der Waals surface area contributed by atoms with Crippen LogP contribution in [0.5, 0.6) is 11.5 Å². The van der Waals surface area contributed by atoms with Crippen LogP contribution in [0.1, 0.15) is 10.4 Å². The summed E-state index contributed by atoms with van der Waals surface area (Å²) in [5.74, 6) is -0.943. The molecule has 0 spiro atoms. The molecule has 0 bridgehead atoms. The molecule has 0 saturated carbocycles. The van der Waals surface area contributed by atoms with Gasteiger partial charge in [-0.15, -0.1) is 0 Å². The van der Waals surface area contributed by atoms with Crippen LogP contribution in [0.3, 0.4) is 0 Å². The van der Waals surface area contributed by atoms with E-state index in [0.717, 1.165) is 0 Å². The van der Waals surface area contributed by atoms with Crippen molar-refractivity contribution in [2.75, 3.05) is 0 Å². The molecule has 4 rings (SSSR count). The molecular weight excluding hydrogens is 1070 g/mol. The second-order valence-electron chi connectivity index (χ2n) is 6.49. The van der Waals surface area contributed by atoms with E-state index < -0.39 is 5.97 Å². The van der Waals surface area contributed by atoms with Crippen molar-refractivity contribution in [1.29, 1.82) is 0 Å². The highest BCUT2D eigenvalue weighted by atomic mass is 127. The summed E-state index contributed by atoms with van der Waals surface area (Å²) >= 11 is 18.6. The average Bonchev–Trinajstić information content (AvgIpc) is 2.74. The Morgan fingerprint density at radius 3 is 1.69 bits per heavy atom. The molecule has 0 amide bonds. The molecule has 3 N–H and O–H groups in total. The maximum Gasteiger partial charge on any atom is 0.378 e. The zero-order valence-electron chi connectivity index (χ0n) is 15.0. The van der Waals surface area contributed by atoms with Gasteiger partial charge in [-0.2, -0.15) is 0 Å². The Morgan fingerprint density at radius 2 is 1.25 bits per heavy atom. The minimum absolute atomic E-state index is 0.0759. The second kappa shape index (κ2) is 9.67. The number of halogens is 7. The summed E-state index contributed by atoms with van der Waals surface area (Å²) in [4.78, 5) is 12.3. The second-order valence-corrected chi connectivity index (χ2v) is 13.4. The van der Waals surface area contributed by atoms with Crippen LogP contribution < -0.4 is 0 Å².